The molecule has 51 heavy (non-hydrogen) atoms. The van der Waals surface area contributed by atoms with Gasteiger partial charge in [0.25, 0.3) is 0 Å². The first-order valence-corrected chi connectivity index (χ1v) is 17.3. The predicted octanol–water partition coefficient (Wildman–Crippen LogP) is 12.5. The molecule has 10 rings (SSSR count). The Morgan fingerprint density at radius 1 is 0.333 bits per heavy atom. The standard InChI is InChI=1S/C48H31N3/c1-4-16-32(17-5-1)40-30-42(48-49-43(33-18-6-2-7-19-33)31-44(50-48)34-20-8-3-9-21-34)37-24-12-13-26-39(37)47(40)51-45-27-15-14-25-38(45)41-28-35-22-10-11-23-36(35)29-46(41)51/h1-31H. The van der Waals surface area contributed by atoms with Crippen LogP contribution in [-0.4, -0.2) is 14.5 Å². The highest BCUT2D eigenvalue weighted by molar-refractivity contribution is 6.16. The van der Waals surface area contributed by atoms with Crippen LogP contribution in [0.25, 0.3) is 94.1 Å². The van der Waals surface area contributed by atoms with Gasteiger partial charge in [-0.25, -0.2) is 9.97 Å². The lowest BCUT2D eigenvalue weighted by atomic mass is 9.93. The molecule has 0 aliphatic carbocycles. The van der Waals surface area contributed by atoms with Gasteiger partial charge >= 0.3 is 0 Å². The number of hydrogen-bond acceptors (Lipinski definition) is 2. The van der Waals surface area contributed by atoms with Crippen molar-refractivity contribution < 1.29 is 0 Å². The molecule has 2 aromatic heterocycles. The molecule has 0 aliphatic rings. The van der Waals surface area contributed by atoms with Gasteiger partial charge in [-0.3, -0.25) is 0 Å². The highest BCUT2D eigenvalue weighted by Crippen LogP contribution is 2.44. The molecular weight excluding hydrogens is 619 g/mol. The van der Waals surface area contributed by atoms with Crippen LogP contribution in [0.4, 0.5) is 0 Å². The highest BCUT2D eigenvalue weighted by Gasteiger charge is 2.22. The number of rotatable bonds is 5. The molecule has 0 atom stereocenters. The lowest BCUT2D eigenvalue weighted by Gasteiger charge is -2.20. The van der Waals surface area contributed by atoms with Crippen molar-refractivity contribution in [3.63, 3.8) is 0 Å². The zero-order valence-corrected chi connectivity index (χ0v) is 27.7. The summed E-state index contributed by atoms with van der Waals surface area (Å²) in [7, 11) is 0. The quantitative estimate of drug-likeness (QED) is 0.186. The number of hydrogen-bond donors (Lipinski definition) is 0. The Labute approximate surface area is 295 Å². The van der Waals surface area contributed by atoms with Crippen LogP contribution < -0.4 is 0 Å². The molecule has 0 spiro atoms. The average Bonchev–Trinajstić information content (AvgIpc) is 3.52. The van der Waals surface area contributed by atoms with Crippen molar-refractivity contribution in [3.05, 3.63) is 188 Å². The van der Waals surface area contributed by atoms with Crippen molar-refractivity contribution in [2.75, 3.05) is 0 Å². The molecule has 3 nitrogen and oxygen atoms in total. The molecule has 0 saturated carbocycles. The first-order chi connectivity index (χ1) is 25.3. The van der Waals surface area contributed by atoms with E-state index < -0.39 is 0 Å². The van der Waals surface area contributed by atoms with Gasteiger partial charge < -0.3 is 4.57 Å². The number of benzene rings is 8. The van der Waals surface area contributed by atoms with Gasteiger partial charge in [0, 0.05) is 38.4 Å². The van der Waals surface area contributed by atoms with E-state index in [2.05, 4.69) is 180 Å². The molecule has 3 heteroatoms. The van der Waals surface area contributed by atoms with Gasteiger partial charge in [-0.1, -0.05) is 158 Å². The van der Waals surface area contributed by atoms with Crippen molar-refractivity contribution in [2.45, 2.75) is 0 Å². The van der Waals surface area contributed by atoms with Gasteiger partial charge in [-0.15, -0.1) is 0 Å². The first kappa shape index (κ1) is 29.1. The normalized spacial score (nSPS) is 11.5. The van der Waals surface area contributed by atoms with Gasteiger partial charge in [0.1, 0.15) is 0 Å². The van der Waals surface area contributed by atoms with Crippen LogP contribution in [0.2, 0.25) is 0 Å². The van der Waals surface area contributed by atoms with Gasteiger partial charge in [-0.05, 0) is 52.1 Å². The van der Waals surface area contributed by atoms with Crippen LogP contribution in [0.15, 0.2) is 188 Å². The summed E-state index contributed by atoms with van der Waals surface area (Å²) >= 11 is 0. The topological polar surface area (TPSA) is 30.7 Å². The fourth-order valence-corrected chi connectivity index (χ4v) is 7.60. The molecular formula is C48H31N3. The smallest absolute Gasteiger partial charge is 0.161 e. The first-order valence-electron chi connectivity index (χ1n) is 17.3. The molecule has 0 radical (unpaired) electrons. The van der Waals surface area contributed by atoms with Crippen molar-refractivity contribution in [2.24, 2.45) is 0 Å². The zero-order chi connectivity index (χ0) is 33.7. The van der Waals surface area contributed by atoms with Gasteiger partial charge in [0.2, 0.25) is 0 Å². The van der Waals surface area contributed by atoms with Crippen LogP contribution in [0.5, 0.6) is 0 Å². The van der Waals surface area contributed by atoms with Crippen molar-refractivity contribution in [3.8, 4) is 50.7 Å². The van der Waals surface area contributed by atoms with E-state index in [1.54, 1.807) is 0 Å². The maximum absolute atomic E-state index is 5.29. The van der Waals surface area contributed by atoms with Crippen LogP contribution in [-0.2, 0) is 0 Å². The maximum atomic E-state index is 5.29. The molecule has 0 amide bonds. The SMILES string of the molecule is c1ccc(-c2cc(-c3ccccc3)nc(-c3cc(-c4ccccc4)c(-n4c5ccccc5c5cc6ccccc6cc54)c4ccccc34)n2)cc1. The third-order valence-corrected chi connectivity index (χ3v) is 9.97. The van der Waals surface area contributed by atoms with E-state index in [1.165, 1.54) is 32.6 Å². The Hall–Kier alpha value is -6.84. The van der Waals surface area contributed by atoms with E-state index in [4.69, 9.17) is 9.97 Å². The second kappa shape index (κ2) is 11.9. The van der Waals surface area contributed by atoms with E-state index in [-0.39, 0.29) is 0 Å². The lowest BCUT2D eigenvalue weighted by Crippen LogP contribution is -2.02. The fourth-order valence-electron chi connectivity index (χ4n) is 7.60. The summed E-state index contributed by atoms with van der Waals surface area (Å²) in [5.74, 6) is 0.698. The highest BCUT2D eigenvalue weighted by atomic mass is 15.0. The van der Waals surface area contributed by atoms with E-state index in [0.29, 0.717) is 5.82 Å². The summed E-state index contributed by atoms with van der Waals surface area (Å²) in [4.78, 5) is 10.6. The minimum absolute atomic E-state index is 0.698. The second-order valence-electron chi connectivity index (χ2n) is 13.0. The molecule has 0 saturated heterocycles. The van der Waals surface area contributed by atoms with Gasteiger partial charge in [0.15, 0.2) is 5.82 Å². The molecule has 0 unspecified atom stereocenters. The van der Waals surface area contributed by atoms with Crippen LogP contribution >= 0.6 is 0 Å². The van der Waals surface area contributed by atoms with Crippen molar-refractivity contribution >= 4 is 43.4 Å². The fraction of sp³-hybridized carbons (Fsp3) is 0. The van der Waals surface area contributed by atoms with Gasteiger partial charge in [0.05, 0.1) is 28.1 Å². The second-order valence-corrected chi connectivity index (χ2v) is 13.0. The predicted molar refractivity (Wildman–Crippen MR) is 213 cm³/mol. The molecule has 0 aliphatic heterocycles. The largest absolute Gasteiger partial charge is 0.308 e. The van der Waals surface area contributed by atoms with E-state index in [9.17, 15) is 0 Å². The number of para-hydroxylation sites is 1. The summed E-state index contributed by atoms with van der Waals surface area (Å²) in [6.45, 7) is 0. The Balaban J connectivity index is 1.34. The zero-order valence-electron chi connectivity index (χ0n) is 27.7. The summed E-state index contributed by atoms with van der Waals surface area (Å²) in [5.41, 5.74) is 10.6. The van der Waals surface area contributed by atoms with E-state index in [0.717, 1.165) is 55.7 Å². The van der Waals surface area contributed by atoms with Crippen molar-refractivity contribution in [1.82, 2.24) is 14.5 Å². The number of aromatic nitrogens is 3. The maximum Gasteiger partial charge on any atom is 0.161 e. The molecule has 238 valence electrons. The van der Waals surface area contributed by atoms with Crippen LogP contribution in [0, 0.1) is 0 Å². The van der Waals surface area contributed by atoms with E-state index in [1.807, 2.05) is 12.1 Å². The Bertz CT molecular complexity index is 2830. The third kappa shape index (κ3) is 4.90. The molecule has 8 aromatic carbocycles. The van der Waals surface area contributed by atoms with E-state index >= 15 is 0 Å². The average molecular weight is 650 g/mol. The Morgan fingerprint density at radius 2 is 0.843 bits per heavy atom. The van der Waals surface area contributed by atoms with Crippen LogP contribution in [0.1, 0.15) is 0 Å². The van der Waals surface area contributed by atoms with Crippen LogP contribution in [0.3, 0.4) is 0 Å². The molecule has 0 fully saturated rings. The van der Waals surface area contributed by atoms with Gasteiger partial charge in [-0.2, -0.15) is 0 Å². The Kier molecular flexibility index (Phi) is 6.81. The molecule has 10 aromatic rings. The third-order valence-electron chi connectivity index (χ3n) is 9.97. The molecule has 2 heterocycles. The summed E-state index contributed by atoms with van der Waals surface area (Å²) in [5, 5.41) is 7.17. The molecule has 0 N–H and O–H groups in total. The lowest BCUT2D eigenvalue weighted by molar-refractivity contribution is 1.18. The number of nitrogens with zero attached hydrogens (tertiary/aromatic N) is 3. The Morgan fingerprint density at radius 3 is 1.49 bits per heavy atom. The monoisotopic (exact) mass is 649 g/mol. The minimum Gasteiger partial charge on any atom is -0.308 e. The minimum atomic E-state index is 0.698. The summed E-state index contributed by atoms with van der Waals surface area (Å²) in [6.07, 6.45) is 0. The number of fused-ring (bicyclic) bond motifs is 5. The summed E-state index contributed by atoms with van der Waals surface area (Å²) in [6, 6.07) is 66.8. The molecule has 0 bridgehead atoms. The van der Waals surface area contributed by atoms with Crippen molar-refractivity contribution in [1.29, 1.82) is 0 Å². The summed E-state index contributed by atoms with van der Waals surface area (Å²) < 4.78 is 2.47.